The maximum absolute atomic E-state index is 12.3. The van der Waals surface area contributed by atoms with Gasteiger partial charge in [-0.3, -0.25) is 9.59 Å². The molecule has 0 fully saturated rings. The first-order chi connectivity index (χ1) is 8.34. The van der Waals surface area contributed by atoms with Crippen LogP contribution in [0.1, 0.15) is 55.3 Å². The summed E-state index contributed by atoms with van der Waals surface area (Å²) in [7, 11) is 0. The van der Waals surface area contributed by atoms with Gasteiger partial charge in [-0.05, 0) is 46.8 Å². The van der Waals surface area contributed by atoms with E-state index in [1.807, 2.05) is 32.6 Å². The number of benzene rings is 1. The highest BCUT2D eigenvalue weighted by molar-refractivity contribution is 5.97. The first-order valence-electron chi connectivity index (χ1n) is 6.28. The Morgan fingerprint density at radius 2 is 1.28 bits per heavy atom. The molecule has 0 radical (unpaired) electrons. The number of nitrogens with zero attached hydrogens (tertiary/aromatic N) is 1. The van der Waals surface area contributed by atoms with Gasteiger partial charge in [0.15, 0.2) is 5.78 Å². The van der Waals surface area contributed by atoms with Gasteiger partial charge in [0.1, 0.15) is 0 Å². The molecule has 0 N–H and O–H groups in total. The van der Waals surface area contributed by atoms with Gasteiger partial charge in [0.25, 0.3) is 5.91 Å². The molecule has 1 aromatic rings. The van der Waals surface area contributed by atoms with Crippen molar-refractivity contribution in [1.29, 1.82) is 0 Å². The van der Waals surface area contributed by atoms with Crippen molar-refractivity contribution in [3.63, 3.8) is 0 Å². The number of carbonyl (C=O) groups is 2. The Labute approximate surface area is 109 Å². The minimum Gasteiger partial charge on any atom is -0.334 e. The Kier molecular flexibility index (Phi) is 4.65. The zero-order valence-electron chi connectivity index (χ0n) is 11.7. The van der Waals surface area contributed by atoms with Crippen LogP contribution in [0.15, 0.2) is 24.3 Å². The van der Waals surface area contributed by atoms with Gasteiger partial charge < -0.3 is 4.90 Å². The standard InChI is InChI=1S/C15H21NO2/c1-10(2)16(11(3)4)15(18)14-8-6-13(7-9-14)12(5)17/h6-11H,1-5H3. The fourth-order valence-electron chi connectivity index (χ4n) is 2.06. The van der Waals surface area contributed by atoms with Gasteiger partial charge in [-0.25, -0.2) is 0 Å². The van der Waals surface area contributed by atoms with Gasteiger partial charge in [0, 0.05) is 23.2 Å². The molecule has 0 saturated carbocycles. The zero-order chi connectivity index (χ0) is 13.9. The lowest BCUT2D eigenvalue weighted by Crippen LogP contribution is -2.42. The summed E-state index contributed by atoms with van der Waals surface area (Å²) in [6, 6.07) is 7.16. The van der Waals surface area contributed by atoms with Crippen LogP contribution in [0, 0.1) is 0 Å². The number of hydrogen-bond donors (Lipinski definition) is 0. The van der Waals surface area contributed by atoms with Crippen LogP contribution in [0.3, 0.4) is 0 Å². The molecule has 0 aliphatic carbocycles. The summed E-state index contributed by atoms with van der Waals surface area (Å²) >= 11 is 0. The monoisotopic (exact) mass is 247 g/mol. The number of Topliss-reactive ketones (excluding diaryl/α,β-unsaturated/α-hetero) is 1. The number of rotatable bonds is 4. The smallest absolute Gasteiger partial charge is 0.254 e. The maximum atomic E-state index is 12.3. The van der Waals surface area contributed by atoms with E-state index in [-0.39, 0.29) is 23.8 Å². The van der Waals surface area contributed by atoms with Crippen molar-refractivity contribution in [3.8, 4) is 0 Å². The molecule has 0 spiro atoms. The molecule has 0 atom stereocenters. The Morgan fingerprint density at radius 1 is 0.889 bits per heavy atom. The normalized spacial score (nSPS) is 10.8. The summed E-state index contributed by atoms with van der Waals surface area (Å²) < 4.78 is 0. The molecule has 0 unspecified atom stereocenters. The highest BCUT2D eigenvalue weighted by atomic mass is 16.2. The lowest BCUT2D eigenvalue weighted by Gasteiger charge is -2.30. The van der Waals surface area contributed by atoms with E-state index >= 15 is 0 Å². The van der Waals surface area contributed by atoms with Crippen molar-refractivity contribution in [3.05, 3.63) is 35.4 Å². The molecule has 1 rings (SSSR count). The molecule has 1 aromatic carbocycles. The van der Waals surface area contributed by atoms with Crippen LogP contribution < -0.4 is 0 Å². The molecule has 1 amide bonds. The second kappa shape index (κ2) is 5.80. The fraction of sp³-hybridized carbons (Fsp3) is 0.467. The van der Waals surface area contributed by atoms with E-state index in [9.17, 15) is 9.59 Å². The minimum absolute atomic E-state index is 0.00935. The van der Waals surface area contributed by atoms with E-state index < -0.39 is 0 Å². The minimum atomic E-state index is 0.00935. The molecular formula is C15H21NO2. The largest absolute Gasteiger partial charge is 0.334 e. The Bertz CT molecular complexity index is 424. The zero-order valence-corrected chi connectivity index (χ0v) is 11.7. The van der Waals surface area contributed by atoms with Crippen molar-refractivity contribution < 1.29 is 9.59 Å². The molecule has 0 saturated heterocycles. The third kappa shape index (κ3) is 3.19. The third-order valence-electron chi connectivity index (χ3n) is 2.89. The first-order valence-corrected chi connectivity index (χ1v) is 6.28. The highest BCUT2D eigenvalue weighted by Crippen LogP contribution is 2.13. The average Bonchev–Trinajstić information content (AvgIpc) is 2.28. The summed E-state index contributed by atoms with van der Waals surface area (Å²) in [5.41, 5.74) is 1.26. The molecule has 3 heteroatoms. The van der Waals surface area contributed by atoms with Gasteiger partial charge in [-0.15, -0.1) is 0 Å². The second-order valence-corrected chi connectivity index (χ2v) is 5.03. The van der Waals surface area contributed by atoms with Crippen LogP contribution in [0.4, 0.5) is 0 Å². The molecular weight excluding hydrogens is 226 g/mol. The fourth-order valence-corrected chi connectivity index (χ4v) is 2.06. The SMILES string of the molecule is CC(=O)c1ccc(C(=O)N(C(C)C)C(C)C)cc1. The second-order valence-electron chi connectivity index (χ2n) is 5.03. The van der Waals surface area contributed by atoms with Gasteiger partial charge in [0.05, 0.1) is 0 Å². The van der Waals surface area contributed by atoms with Crippen LogP contribution >= 0.6 is 0 Å². The third-order valence-corrected chi connectivity index (χ3v) is 2.89. The number of amides is 1. The van der Waals surface area contributed by atoms with Crippen molar-refractivity contribution in [2.45, 2.75) is 46.7 Å². The molecule has 18 heavy (non-hydrogen) atoms. The van der Waals surface area contributed by atoms with E-state index in [4.69, 9.17) is 0 Å². The van der Waals surface area contributed by atoms with Crippen LogP contribution in [-0.4, -0.2) is 28.7 Å². The van der Waals surface area contributed by atoms with Crippen LogP contribution in [-0.2, 0) is 0 Å². The molecule has 0 aromatic heterocycles. The molecule has 3 nitrogen and oxygen atoms in total. The average molecular weight is 247 g/mol. The maximum Gasteiger partial charge on any atom is 0.254 e. The van der Waals surface area contributed by atoms with E-state index in [0.717, 1.165) is 0 Å². The van der Waals surface area contributed by atoms with Gasteiger partial charge >= 0.3 is 0 Å². The number of carbonyl (C=O) groups excluding carboxylic acids is 2. The van der Waals surface area contributed by atoms with Crippen molar-refractivity contribution >= 4 is 11.7 Å². The molecule has 0 aliphatic heterocycles. The summed E-state index contributed by atoms with van der Waals surface area (Å²) in [6.45, 7) is 9.53. The number of hydrogen-bond acceptors (Lipinski definition) is 2. The summed E-state index contributed by atoms with van der Waals surface area (Å²) in [6.07, 6.45) is 0. The van der Waals surface area contributed by atoms with E-state index in [2.05, 4.69) is 0 Å². The van der Waals surface area contributed by atoms with Crippen LogP contribution in [0.5, 0.6) is 0 Å². The van der Waals surface area contributed by atoms with Crippen molar-refractivity contribution in [1.82, 2.24) is 4.90 Å². The number of ketones is 1. The Morgan fingerprint density at radius 3 is 1.61 bits per heavy atom. The highest BCUT2D eigenvalue weighted by Gasteiger charge is 2.21. The first kappa shape index (κ1) is 14.4. The molecule has 98 valence electrons. The lowest BCUT2D eigenvalue weighted by atomic mass is 10.1. The predicted octanol–water partition coefficient (Wildman–Crippen LogP) is 3.15. The Balaban J connectivity index is 2.99. The van der Waals surface area contributed by atoms with Crippen LogP contribution in [0.25, 0.3) is 0 Å². The summed E-state index contributed by atoms with van der Waals surface area (Å²) in [4.78, 5) is 25.4. The van der Waals surface area contributed by atoms with Crippen LogP contribution in [0.2, 0.25) is 0 Å². The summed E-state index contributed by atoms with van der Waals surface area (Å²) in [5.74, 6) is 0.0219. The van der Waals surface area contributed by atoms with Crippen molar-refractivity contribution in [2.75, 3.05) is 0 Å². The van der Waals surface area contributed by atoms with Crippen molar-refractivity contribution in [2.24, 2.45) is 0 Å². The predicted molar refractivity (Wildman–Crippen MR) is 72.9 cm³/mol. The van der Waals surface area contributed by atoms with Gasteiger partial charge in [0.2, 0.25) is 0 Å². The topological polar surface area (TPSA) is 37.4 Å². The van der Waals surface area contributed by atoms with Gasteiger partial charge in [-0.1, -0.05) is 12.1 Å². The molecule has 0 heterocycles. The van der Waals surface area contributed by atoms with E-state index in [0.29, 0.717) is 11.1 Å². The summed E-state index contributed by atoms with van der Waals surface area (Å²) in [5, 5.41) is 0. The van der Waals surface area contributed by atoms with E-state index in [1.165, 1.54) is 6.92 Å². The lowest BCUT2D eigenvalue weighted by molar-refractivity contribution is 0.0643. The van der Waals surface area contributed by atoms with Gasteiger partial charge in [-0.2, -0.15) is 0 Å². The van der Waals surface area contributed by atoms with E-state index in [1.54, 1.807) is 24.3 Å². The quantitative estimate of drug-likeness (QED) is 0.766. The molecule has 0 bridgehead atoms. The molecule has 0 aliphatic rings. The Hall–Kier alpha value is -1.64.